The summed E-state index contributed by atoms with van der Waals surface area (Å²) in [6.07, 6.45) is 5.68. The molecular weight excluding hydrogens is 380 g/mol. The van der Waals surface area contributed by atoms with Crippen LogP contribution in [-0.4, -0.2) is 27.2 Å². The van der Waals surface area contributed by atoms with Crippen molar-refractivity contribution >= 4 is 39.9 Å². The minimum Gasteiger partial charge on any atom is -0.342 e. The Kier molecular flexibility index (Phi) is 5.58. The zero-order chi connectivity index (χ0) is 20.4. The molecule has 0 saturated carbocycles. The van der Waals surface area contributed by atoms with Crippen molar-refractivity contribution in [2.75, 3.05) is 6.54 Å². The average molecular weight is 405 g/mol. The van der Waals surface area contributed by atoms with Gasteiger partial charge in [-0.15, -0.1) is 0 Å². The quantitative estimate of drug-likeness (QED) is 0.495. The lowest BCUT2D eigenvalue weighted by molar-refractivity contribution is -0.122. The number of aryl methyl sites for hydroxylation is 1. The molecule has 2 heterocycles. The Bertz CT molecular complexity index is 1100. The van der Waals surface area contributed by atoms with E-state index in [0.717, 1.165) is 42.1 Å². The van der Waals surface area contributed by atoms with Crippen molar-refractivity contribution in [1.29, 1.82) is 0 Å². The number of hydrogen-bond acceptors (Lipinski definition) is 3. The van der Waals surface area contributed by atoms with Crippen molar-refractivity contribution < 1.29 is 9.59 Å². The van der Waals surface area contributed by atoms with E-state index in [9.17, 15) is 9.59 Å². The van der Waals surface area contributed by atoms with Crippen LogP contribution in [0.15, 0.2) is 59.6 Å². The Morgan fingerprint density at radius 3 is 2.52 bits per heavy atom. The molecule has 148 valence electrons. The van der Waals surface area contributed by atoms with E-state index in [1.54, 1.807) is 0 Å². The molecule has 2 aromatic carbocycles. The van der Waals surface area contributed by atoms with Crippen LogP contribution in [0.2, 0.25) is 0 Å². The smallest absolute Gasteiger partial charge is 0.293 e. The van der Waals surface area contributed by atoms with Crippen molar-refractivity contribution in [1.82, 2.24) is 9.47 Å². The number of nitrogens with zero attached hydrogens (tertiary/aromatic N) is 2. The molecule has 1 saturated heterocycles. The number of imide groups is 1. The molecule has 4 rings (SSSR count). The van der Waals surface area contributed by atoms with E-state index in [4.69, 9.17) is 0 Å². The Morgan fingerprint density at radius 2 is 1.79 bits per heavy atom. The van der Waals surface area contributed by atoms with Gasteiger partial charge in [0, 0.05) is 30.2 Å². The molecular formula is C24H24N2O2S. The lowest BCUT2D eigenvalue weighted by Gasteiger charge is -2.09. The van der Waals surface area contributed by atoms with Crippen molar-refractivity contribution in [3.05, 3.63) is 76.3 Å². The van der Waals surface area contributed by atoms with Gasteiger partial charge in [0.05, 0.1) is 10.4 Å². The number of amides is 2. The number of para-hydroxylation sites is 1. The van der Waals surface area contributed by atoms with Crippen LogP contribution in [0.25, 0.3) is 17.0 Å². The van der Waals surface area contributed by atoms with Crippen LogP contribution in [0.4, 0.5) is 4.79 Å². The minimum absolute atomic E-state index is 0.176. The first-order chi connectivity index (χ1) is 14.1. The molecule has 2 amide bonds. The van der Waals surface area contributed by atoms with E-state index in [1.165, 1.54) is 21.5 Å². The van der Waals surface area contributed by atoms with Gasteiger partial charge in [-0.2, -0.15) is 0 Å². The first-order valence-corrected chi connectivity index (χ1v) is 10.8. The third-order valence-electron chi connectivity index (χ3n) is 5.20. The third-order valence-corrected chi connectivity index (χ3v) is 6.10. The number of hydrogen-bond donors (Lipinski definition) is 0. The molecule has 0 bridgehead atoms. The summed E-state index contributed by atoms with van der Waals surface area (Å²) in [5.41, 5.74) is 4.67. The standard InChI is InChI=1S/C24H24N2O2S/c1-3-13-26-23(27)21(29-24(26)28)14-19-16-25(15-17-9-6-5-7-10-17)22-18(4-2)11-8-12-20(19)22/h5-12,14,16H,3-4,13,15H2,1-2H3/b21-14-. The van der Waals surface area contributed by atoms with Crippen LogP contribution in [0.5, 0.6) is 0 Å². The summed E-state index contributed by atoms with van der Waals surface area (Å²) in [7, 11) is 0. The van der Waals surface area contributed by atoms with Crippen LogP contribution >= 0.6 is 11.8 Å². The van der Waals surface area contributed by atoms with E-state index in [2.05, 4.69) is 48.0 Å². The number of fused-ring (bicyclic) bond motifs is 1. The second kappa shape index (κ2) is 8.29. The van der Waals surface area contributed by atoms with Crippen molar-refractivity contribution in [3.8, 4) is 0 Å². The summed E-state index contributed by atoms with van der Waals surface area (Å²) in [4.78, 5) is 26.7. The van der Waals surface area contributed by atoms with Gasteiger partial charge in [0.2, 0.25) is 0 Å². The van der Waals surface area contributed by atoms with E-state index in [-0.39, 0.29) is 11.1 Å². The zero-order valence-corrected chi connectivity index (χ0v) is 17.5. The fraction of sp³-hybridized carbons (Fsp3) is 0.250. The van der Waals surface area contributed by atoms with Crippen LogP contribution in [0.3, 0.4) is 0 Å². The van der Waals surface area contributed by atoms with E-state index in [0.29, 0.717) is 11.4 Å². The summed E-state index contributed by atoms with van der Waals surface area (Å²) in [5, 5.41) is 0.938. The van der Waals surface area contributed by atoms with Gasteiger partial charge >= 0.3 is 0 Å². The number of benzene rings is 2. The predicted molar refractivity (Wildman–Crippen MR) is 120 cm³/mol. The molecule has 1 fully saturated rings. The maximum atomic E-state index is 12.7. The fourth-order valence-electron chi connectivity index (χ4n) is 3.83. The van der Waals surface area contributed by atoms with Crippen LogP contribution in [-0.2, 0) is 17.8 Å². The van der Waals surface area contributed by atoms with Gasteiger partial charge in [0.1, 0.15) is 0 Å². The van der Waals surface area contributed by atoms with Gasteiger partial charge in [0.25, 0.3) is 11.1 Å². The first kappa shape index (κ1) is 19.5. The highest BCUT2D eigenvalue weighted by Gasteiger charge is 2.34. The molecule has 0 radical (unpaired) electrons. The summed E-state index contributed by atoms with van der Waals surface area (Å²) < 4.78 is 2.26. The summed E-state index contributed by atoms with van der Waals surface area (Å²) in [6, 6.07) is 16.7. The maximum absolute atomic E-state index is 12.7. The van der Waals surface area contributed by atoms with Crippen molar-refractivity contribution in [2.24, 2.45) is 0 Å². The molecule has 1 aliphatic heterocycles. The number of carbonyl (C=O) groups excluding carboxylic acids is 2. The predicted octanol–water partition coefficient (Wildman–Crippen LogP) is 5.70. The summed E-state index contributed by atoms with van der Waals surface area (Å²) >= 11 is 1.04. The maximum Gasteiger partial charge on any atom is 0.293 e. The molecule has 0 spiro atoms. The number of aromatic nitrogens is 1. The number of thioether (sulfide) groups is 1. The molecule has 3 aromatic rings. The van der Waals surface area contributed by atoms with Gasteiger partial charge < -0.3 is 4.57 Å². The van der Waals surface area contributed by atoms with Gasteiger partial charge in [-0.25, -0.2) is 0 Å². The molecule has 0 unspecified atom stereocenters. The Hall–Kier alpha value is -2.79. The Balaban J connectivity index is 1.80. The number of rotatable bonds is 6. The summed E-state index contributed by atoms with van der Waals surface area (Å²) in [5.74, 6) is -0.183. The third kappa shape index (κ3) is 3.75. The summed E-state index contributed by atoms with van der Waals surface area (Å²) in [6.45, 7) is 5.36. The van der Waals surface area contributed by atoms with E-state index in [1.807, 2.05) is 31.2 Å². The number of carbonyl (C=O) groups is 2. The largest absolute Gasteiger partial charge is 0.342 e. The second-order valence-corrected chi connectivity index (χ2v) is 8.19. The van der Waals surface area contributed by atoms with Gasteiger partial charge in [-0.3, -0.25) is 14.5 Å². The highest BCUT2D eigenvalue weighted by atomic mass is 32.2. The second-order valence-electron chi connectivity index (χ2n) is 7.20. The lowest BCUT2D eigenvalue weighted by Crippen LogP contribution is -2.28. The fourth-order valence-corrected chi connectivity index (χ4v) is 4.68. The van der Waals surface area contributed by atoms with Crippen LogP contribution < -0.4 is 0 Å². The highest BCUT2D eigenvalue weighted by molar-refractivity contribution is 8.18. The molecule has 1 aliphatic rings. The van der Waals surface area contributed by atoms with E-state index < -0.39 is 0 Å². The Morgan fingerprint density at radius 1 is 1.00 bits per heavy atom. The Labute approximate surface area is 175 Å². The SMILES string of the molecule is CCCN1C(=O)S/C(=C\c2cn(Cc3ccccc3)c3c(CC)cccc23)C1=O. The van der Waals surface area contributed by atoms with Gasteiger partial charge in [0.15, 0.2) is 0 Å². The normalized spacial score (nSPS) is 15.8. The lowest BCUT2D eigenvalue weighted by atomic mass is 10.1. The molecule has 5 heteroatoms. The first-order valence-electron chi connectivity index (χ1n) is 10.0. The minimum atomic E-state index is -0.183. The van der Waals surface area contributed by atoms with Crippen LogP contribution in [0, 0.1) is 0 Å². The van der Waals surface area contributed by atoms with Crippen molar-refractivity contribution in [3.63, 3.8) is 0 Å². The molecule has 0 atom stereocenters. The van der Waals surface area contributed by atoms with Crippen LogP contribution in [0.1, 0.15) is 37.0 Å². The van der Waals surface area contributed by atoms with Gasteiger partial charge in [-0.05, 0) is 41.8 Å². The highest BCUT2D eigenvalue weighted by Crippen LogP contribution is 2.35. The molecule has 1 aromatic heterocycles. The van der Waals surface area contributed by atoms with E-state index >= 15 is 0 Å². The monoisotopic (exact) mass is 404 g/mol. The molecule has 0 N–H and O–H groups in total. The molecule has 0 aliphatic carbocycles. The average Bonchev–Trinajstić information content (AvgIpc) is 3.21. The molecule has 4 nitrogen and oxygen atoms in total. The zero-order valence-electron chi connectivity index (χ0n) is 16.7. The van der Waals surface area contributed by atoms with Crippen molar-refractivity contribution in [2.45, 2.75) is 33.2 Å². The topological polar surface area (TPSA) is 42.3 Å². The van der Waals surface area contributed by atoms with Gasteiger partial charge in [-0.1, -0.05) is 62.4 Å². The molecule has 29 heavy (non-hydrogen) atoms.